The van der Waals surface area contributed by atoms with Gasteiger partial charge in [-0.1, -0.05) is 30.3 Å². The zero-order valence-electron chi connectivity index (χ0n) is 18.5. The molecule has 1 aliphatic heterocycles. The molecule has 1 aliphatic rings. The van der Waals surface area contributed by atoms with Crippen molar-refractivity contribution in [2.24, 2.45) is 0 Å². The maximum atomic E-state index is 13.3. The van der Waals surface area contributed by atoms with Crippen molar-refractivity contribution in [2.75, 3.05) is 20.0 Å². The van der Waals surface area contributed by atoms with Crippen LogP contribution in [0, 0.1) is 0 Å². The molecular weight excluding hydrogens is 478 g/mol. The van der Waals surface area contributed by atoms with Crippen molar-refractivity contribution in [1.29, 1.82) is 0 Å². The fourth-order valence-corrected chi connectivity index (χ4v) is 8.38. The Bertz CT molecular complexity index is 1450. The Morgan fingerprint density at radius 1 is 0.971 bits per heavy atom. The van der Waals surface area contributed by atoms with E-state index in [9.17, 15) is 21.6 Å². The first-order valence-electron chi connectivity index (χ1n) is 10.3. The SMILES string of the molecule is COc1ccc(CNC(=O)c2cccc3c2C(S(=O)(=O)c2ccccc2)CS3(=O)=O)cc1OC. The standard InChI is InChI=1S/C24H23NO7S2/c1-31-19-12-11-16(13-20(19)32-2)14-25-24(26)18-9-6-10-21-23(18)22(15-33(21,27)28)34(29,30)17-7-4-3-5-8-17/h3-13,22H,14-15H2,1-2H3,(H,25,26). The molecule has 1 amide bonds. The largest absolute Gasteiger partial charge is 0.493 e. The first kappa shape index (κ1) is 23.8. The van der Waals surface area contributed by atoms with Gasteiger partial charge in [0.15, 0.2) is 31.2 Å². The molecule has 1 atom stereocenters. The Balaban J connectivity index is 1.69. The number of ether oxygens (including phenoxy) is 2. The Hall–Kier alpha value is -3.37. The molecule has 3 aromatic carbocycles. The van der Waals surface area contributed by atoms with E-state index in [1.54, 1.807) is 36.4 Å². The van der Waals surface area contributed by atoms with Crippen LogP contribution in [0.25, 0.3) is 0 Å². The molecule has 1 N–H and O–H groups in total. The fraction of sp³-hybridized carbons (Fsp3) is 0.208. The van der Waals surface area contributed by atoms with Crippen molar-refractivity contribution >= 4 is 25.6 Å². The average molecular weight is 502 g/mol. The van der Waals surface area contributed by atoms with Crippen LogP contribution in [0.5, 0.6) is 11.5 Å². The van der Waals surface area contributed by atoms with Crippen LogP contribution < -0.4 is 14.8 Å². The number of carbonyl (C=O) groups excluding carboxylic acids is 1. The number of carbonyl (C=O) groups is 1. The number of hydrogen-bond acceptors (Lipinski definition) is 7. The van der Waals surface area contributed by atoms with E-state index in [1.165, 1.54) is 44.6 Å². The van der Waals surface area contributed by atoms with Gasteiger partial charge in [0.25, 0.3) is 5.91 Å². The predicted molar refractivity (Wildman–Crippen MR) is 126 cm³/mol. The second kappa shape index (κ2) is 9.11. The number of nitrogens with one attached hydrogen (secondary N) is 1. The minimum atomic E-state index is -4.05. The third-order valence-corrected chi connectivity index (χ3v) is 9.78. The van der Waals surface area contributed by atoms with Gasteiger partial charge in [0, 0.05) is 17.7 Å². The zero-order chi connectivity index (χ0) is 24.5. The third kappa shape index (κ3) is 4.26. The molecule has 0 aliphatic carbocycles. The van der Waals surface area contributed by atoms with Crippen LogP contribution in [0.3, 0.4) is 0 Å². The van der Waals surface area contributed by atoms with Crippen LogP contribution >= 0.6 is 0 Å². The number of hydrogen-bond donors (Lipinski definition) is 1. The molecule has 1 heterocycles. The van der Waals surface area contributed by atoms with Gasteiger partial charge in [-0.3, -0.25) is 4.79 Å². The van der Waals surface area contributed by atoms with Crippen LogP contribution in [-0.2, 0) is 26.2 Å². The molecule has 4 rings (SSSR count). The summed E-state index contributed by atoms with van der Waals surface area (Å²) in [5, 5.41) is 1.37. The Morgan fingerprint density at radius 3 is 2.35 bits per heavy atom. The summed E-state index contributed by atoms with van der Waals surface area (Å²) in [6.45, 7) is 0.117. The van der Waals surface area contributed by atoms with Crippen molar-refractivity contribution in [2.45, 2.75) is 21.6 Å². The number of benzene rings is 3. The van der Waals surface area contributed by atoms with Crippen molar-refractivity contribution in [3.63, 3.8) is 0 Å². The second-order valence-corrected chi connectivity index (χ2v) is 11.9. The van der Waals surface area contributed by atoms with Gasteiger partial charge in [0.1, 0.15) is 5.25 Å². The summed E-state index contributed by atoms with van der Waals surface area (Å²) < 4.78 is 62.8. The quantitative estimate of drug-likeness (QED) is 0.529. The van der Waals surface area contributed by atoms with Gasteiger partial charge in [-0.05, 0) is 42.0 Å². The molecule has 0 bridgehead atoms. The van der Waals surface area contributed by atoms with Crippen molar-refractivity contribution in [3.05, 3.63) is 83.4 Å². The highest BCUT2D eigenvalue weighted by molar-refractivity contribution is 7.96. The van der Waals surface area contributed by atoms with Gasteiger partial charge in [-0.25, -0.2) is 16.8 Å². The fourth-order valence-electron chi connectivity index (χ4n) is 4.01. The topological polar surface area (TPSA) is 116 Å². The average Bonchev–Trinajstić information content (AvgIpc) is 3.14. The molecule has 0 saturated heterocycles. The van der Waals surface area contributed by atoms with E-state index in [1.807, 2.05) is 0 Å². The summed E-state index contributed by atoms with van der Waals surface area (Å²) in [4.78, 5) is 13.0. The predicted octanol–water partition coefficient (Wildman–Crippen LogP) is 2.94. The van der Waals surface area contributed by atoms with Crippen LogP contribution in [0.2, 0.25) is 0 Å². The maximum absolute atomic E-state index is 13.3. The van der Waals surface area contributed by atoms with Crippen molar-refractivity contribution in [1.82, 2.24) is 5.32 Å². The van der Waals surface area contributed by atoms with Crippen LogP contribution in [0.15, 0.2) is 76.5 Å². The van der Waals surface area contributed by atoms with Gasteiger partial charge in [0.05, 0.1) is 29.8 Å². The summed E-state index contributed by atoms with van der Waals surface area (Å²) in [6, 6.07) is 17.0. The monoisotopic (exact) mass is 501 g/mol. The van der Waals surface area contributed by atoms with Crippen LogP contribution in [0.4, 0.5) is 0 Å². The molecule has 178 valence electrons. The zero-order valence-corrected chi connectivity index (χ0v) is 20.1. The highest BCUT2D eigenvalue weighted by atomic mass is 32.2. The van der Waals surface area contributed by atoms with E-state index in [0.29, 0.717) is 11.5 Å². The summed E-state index contributed by atoms with van der Waals surface area (Å²) in [6.07, 6.45) is 0. The number of methoxy groups -OCH3 is 2. The molecular formula is C24H23NO7S2. The molecule has 0 aromatic heterocycles. The molecule has 0 spiro atoms. The molecule has 0 fully saturated rings. The highest BCUT2D eigenvalue weighted by Gasteiger charge is 2.45. The van der Waals surface area contributed by atoms with Gasteiger partial charge in [-0.15, -0.1) is 0 Å². The van der Waals surface area contributed by atoms with Gasteiger partial charge < -0.3 is 14.8 Å². The van der Waals surface area contributed by atoms with Gasteiger partial charge >= 0.3 is 0 Å². The molecule has 34 heavy (non-hydrogen) atoms. The van der Waals surface area contributed by atoms with Crippen LogP contribution in [0.1, 0.15) is 26.7 Å². The van der Waals surface area contributed by atoms with E-state index in [4.69, 9.17) is 9.47 Å². The maximum Gasteiger partial charge on any atom is 0.251 e. The molecule has 10 heteroatoms. The molecule has 1 unspecified atom stereocenters. The lowest BCUT2D eigenvalue weighted by molar-refractivity contribution is 0.0949. The van der Waals surface area contributed by atoms with Crippen molar-refractivity contribution in [3.8, 4) is 11.5 Å². The van der Waals surface area contributed by atoms with E-state index >= 15 is 0 Å². The van der Waals surface area contributed by atoms with E-state index in [2.05, 4.69) is 5.32 Å². The lowest BCUT2D eigenvalue weighted by Gasteiger charge is -2.16. The number of amides is 1. The number of rotatable bonds is 7. The summed E-state index contributed by atoms with van der Waals surface area (Å²) in [7, 11) is -4.91. The smallest absolute Gasteiger partial charge is 0.251 e. The second-order valence-electron chi connectivity index (χ2n) is 7.72. The Morgan fingerprint density at radius 2 is 1.68 bits per heavy atom. The highest BCUT2D eigenvalue weighted by Crippen LogP contribution is 2.43. The number of sulfone groups is 2. The molecule has 0 radical (unpaired) electrons. The van der Waals surface area contributed by atoms with E-state index in [-0.39, 0.29) is 27.5 Å². The first-order valence-corrected chi connectivity index (χ1v) is 13.5. The van der Waals surface area contributed by atoms with Gasteiger partial charge in [0.2, 0.25) is 0 Å². The Labute approximate surface area is 198 Å². The van der Waals surface area contributed by atoms with Crippen molar-refractivity contribution < 1.29 is 31.1 Å². The lowest BCUT2D eigenvalue weighted by Crippen LogP contribution is -2.25. The van der Waals surface area contributed by atoms with E-state index in [0.717, 1.165) is 5.56 Å². The Kier molecular flexibility index (Phi) is 6.37. The molecule has 0 saturated carbocycles. The molecule has 8 nitrogen and oxygen atoms in total. The first-order chi connectivity index (χ1) is 16.2. The third-order valence-electron chi connectivity index (χ3n) is 5.69. The molecule has 3 aromatic rings. The minimum Gasteiger partial charge on any atom is -0.493 e. The normalized spacial score (nSPS) is 16.5. The van der Waals surface area contributed by atoms with Crippen LogP contribution in [-0.4, -0.2) is 42.7 Å². The summed E-state index contributed by atoms with van der Waals surface area (Å²) >= 11 is 0. The summed E-state index contributed by atoms with van der Waals surface area (Å²) in [5.74, 6) is -0.149. The van der Waals surface area contributed by atoms with E-state index < -0.39 is 36.6 Å². The van der Waals surface area contributed by atoms with Gasteiger partial charge in [-0.2, -0.15) is 0 Å². The number of fused-ring (bicyclic) bond motifs is 1. The summed E-state index contributed by atoms with van der Waals surface area (Å²) in [5.41, 5.74) is 0.749. The lowest BCUT2D eigenvalue weighted by atomic mass is 10.0. The minimum absolute atomic E-state index is 0.00332.